The van der Waals surface area contributed by atoms with E-state index in [1.54, 1.807) is 0 Å². The van der Waals surface area contributed by atoms with Gasteiger partial charge in [0, 0.05) is 32.2 Å². The lowest BCUT2D eigenvalue weighted by Gasteiger charge is -2.38. The molecule has 4 heteroatoms. The van der Waals surface area contributed by atoms with E-state index < -0.39 is 0 Å². The van der Waals surface area contributed by atoms with Crippen LogP contribution in [0, 0.1) is 11.8 Å². The topological polar surface area (TPSA) is 36.8 Å². The number of hydrogen-bond donors (Lipinski definition) is 2. The van der Waals surface area contributed by atoms with Crippen LogP contribution in [0.15, 0.2) is 24.3 Å². The highest BCUT2D eigenvalue weighted by Gasteiger charge is 2.34. The van der Waals surface area contributed by atoms with Gasteiger partial charge in [0.2, 0.25) is 0 Å². The summed E-state index contributed by atoms with van der Waals surface area (Å²) in [6, 6.07) is 8.38. The first-order valence-electron chi connectivity index (χ1n) is 9.48. The number of hydrogen-bond acceptors (Lipinski definition) is 2. The highest BCUT2D eigenvalue weighted by molar-refractivity contribution is 5.76. The summed E-state index contributed by atoms with van der Waals surface area (Å²) in [5, 5.41) is 3.09. The molecular weight excluding hydrogens is 298 g/mol. The number of fused-ring (bicyclic) bond motifs is 1. The van der Waals surface area contributed by atoms with E-state index in [0.29, 0.717) is 13.1 Å². The molecule has 1 saturated carbocycles. The van der Waals surface area contributed by atoms with E-state index in [1.807, 2.05) is 14.1 Å². The first-order chi connectivity index (χ1) is 11.6. The van der Waals surface area contributed by atoms with Crippen LogP contribution >= 0.6 is 0 Å². The SMILES string of the molecule is CN(C)c1ccc(CNC(=O)C[NH+]2CC[C@@H]3CCCC[C@@H]3C2)cc1. The minimum absolute atomic E-state index is 0.191. The van der Waals surface area contributed by atoms with Crippen LogP contribution in [0.2, 0.25) is 0 Å². The summed E-state index contributed by atoms with van der Waals surface area (Å²) in [5.41, 5.74) is 2.35. The first kappa shape index (κ1) is 17.3. The van der Waals surface area contributed by atoms with Crippen LogP contribution in [0.25, 0.3) is 0 Å². The van der Waals surface area contributed by atoms with Gasteiger partial charge < -0.3 is 15.1 Å². The molecule has 1 aliphatic carbocycles. The van der Waals surface area contributed by atoms with Gasteiger partial charge in [-0.2, -0.15) is 0 Å². The van der Waals surface area contributed by atoms with Gasteiger partial charge >= 0.3 is 0 Å². The largest absolute Gasteiger partial charge is 0.378 e. The maximum absolute atomic E-state index is 12.3. The summed E-state index contributed by atoms with van der Waals surface area (Å²) in [6.07, 6.45) is 6.94. The summed E-state index contributed by atoms with van der Waals surface area (Å²) in [4.78, 5) is 15.8. The van der Waals surface area contributed by atoms with Crippen LogP contribution < -0.4 is 15.1 Å². The zero-order chi connectivity index (χ0) is 16.9. The van der Waals surface area contributed by atoms with Crippen molar-refractivity contribution in [3.05, 3.63) is 29.8 Å². The van der Waals surface area contributed by atoms with Crippen LogP contribution in [0.4, 0.5) is 5.69 Å². The molecule has 1 amide bonds. The monoisotopic (exact) mass is 330 g/mol. The molecule has 1 saturated heterocycles. The van der Waals surface area contributed by atoms with Gasteiger partial charge in [-0.1, -0.05) is 25.0 Å². The summed E-state index contributed by atoms with van der Waals surface area (Å²) in [6.45, 7) is 3.65. The predicted molar refractivity (Wildman–Crippen MR) is 98.2 cm³/mol. The number of benzene rings is 1. The van der Waals surface area contributed by atoms with Gasteiger partial charge in [-0.3, -0.25) is 4.79 Å². The second-order valence-electron chi connectivity index (χ2n) is 7.81. The summed E-state index contributed by atoms with van der Waals surface area (Å²) in [7, 11) is 4.07. The van der Waals surface area contributed by atoms with Crippen LogP contribution in [0.5, 0.6) is 0 Å². The number of likely N-dealkylation sites (tertiary alicyclic amines) is 1. The Balaban J connectivity index is 1.42. The fourth-order valence-electron chi connectivity index (χ4n) is 4.36. The zero-order valence-electron chi connectivity index (χ0n) is 15.2. The Bertz CT molecular complexity index is 540. The van der Waals surface area contributed by atoms with Crippen LogP contribution in [-0.4, -0.2) is 39.6 Å². The third kappa shape index (κ3) is 4.50. The molecule has 0 bridgehead atoms. The van der Waals surface area contributed by atoms with Crippen molar-refractivity contribution in [1.82, 2.24) is 5.32 Å². The molecule has 2 fully saturated rings. The van der Waals surface area contributed by atoms with Gasteiger partial charge in [0.15, 0.2) is 6.54 Å². The Hall–Kier alpha value is -1.55. The molecule has 3 atom stereocenters. The fourth-order valence-corrected chi connectivity index (χ4v) is 4.36. The molecule has 1 heterocycles. The minimum atomic E-state index is 0.191. The third-order valence-corrected chi connectivity index (χ3v) is 5.84. The number of quaternary nitrogens is 1. The molecule has 1 aliphatic heterocycles. The maximum atomic E-state index is 12.3. The molecule has 0 aromatic heterocycles. The number of piperidine rings is 1. The number of rotatable bonds is 5. The molecule has 132 valence electrons. The minimum Gasteiger partial charge on any atom is -0.378 e. The average molecular weight is 330 g/mol. The standard InChI is InChI=1S/C20H31N3O/c1-22(2)19-9-7-16(8-10-19)13-21-20(24)15-23-12-11-17-5-3-4-6-18(17)14-23/h7-10,17-18H,3-6,11-15H2,1-2H3,(H,21,24)/p+1/t17-,18+/m0/s1. The molecule has 2 N–H and O–H groups in total. The lowest BCUT2D eigenvalue weighted by atomic mass is 9.75. The van der Waals surface area contributed by atoms with E-state index in [2.05, 4.69) is 34.5 Å². The molecule has 1 aromatic rings. The van der Waals surface area contributed by atoms with Gasteiger partial charge in [-0.15, -0.1) is 0 Å². The normalized spacial score (nSPS) is 26.5. The third-order valence-electron chi connectivity index (χ3n) is 5.84. The number of anilines is 1. The van der Waals surface area contributed by atoms with Crippen molar-refractivity contribution in [1.29, 1.82) is 0 Å². The highest BCUT2D eigenvalue weighted by atomic mass is 16.2. The average Bonchev–Trinajstić information content (AvgIpc) is 2.60. The van der Waals surface area contributed by atoms with Crippen LogP contribution in [-0.2, 0) is 11.3 Å². The van der Waals surface area contributed by atoms with Crippen LogP contribution in [0.3, 0.4) is 0 Å². The van der Waals surface area contributed by atoms with Crippen LogP contribution in [0.1, 0.15) is 37.7 Å². The molecule has 2 aliphatic rings. The van der Waals surface area contributed by atoms with Gasteiger partial charge in [0.05, 0.1) is 13.1 Å². The van der Waals surface area contributed by atoms with E-state index >= 15 is 0 Å². The van der Waals surface area contributed by atoms with E-state index in [1.165, 1.54) is 55.8 Å². The van der Waals surface area contributed by atoms with Gasteiger partial charge in [0.1, 0.15) is 0 Å². The summed E-state index contributed by atoms with van der Waals surface area (Å²) in [5.74, 6) is 2.01. The van der Waals surface area contributed by atoms with E-state index in [0.717, 1.165) is 17.4 Å². The van der Waals surface area contributed by atoms with Crippen molar-refractivity contribution in [2.24, 2.45) is 11.8 Å². The molecule has 4 nitrogen and oxygen atoms in total. The number of carbonyl (C=O) groups is 1. The molecular formula is C20H32N3O+. The predicted octanol–water partition coefficient (Wildman–Crippen LogP) is 1.46. The maximum Gasteiger partial charge on any atom is 0.275 e. The van der Waals surface area contributed by atoms with Gasteiger partial charge in [-0.25, -0.2) is 0 Å². The number of nitrogens with zero attached hydrogens (tertiary/aromatic N) is 1. The lowest BCUT2D eigenvalue weighted by Crippen LogP contribution is -3.15. The van der Waals surface area contributed by atoms with Gasteiger partial charge in [0.25, 0.3) is 5.91 Å². The Morgan fingerprint density at radius 3 is 2.54 bits per heavy atom. The summed E-state index contributed by atoms with van der Waals surface area (Å²) >= 11 is 0. The van der Waals surface area contributed by atoms with E-state index in [9.17, 15) is 4.79 Å². The van der Waals surface area contributed by atoms with Crippen molar-refractivity contribution in [2.75, 3.05) is 38.6 Å². The van der Waals surface area contributed by atoms with Crippen molar-refractivity contribution >= 4 is 11.6 Å². The second-order valence-corrected chi connectivity index (χ2v) is 7.81. The lowest BCUT2D eigenvalue weighted by molar-refractivity contribution is -0.902. The zero-order valence-corrected chi connectivity index (χ0v) is 15.2. The van der Waals surface area contributed by atoms with Crippen molar-refractivity contribution in [3.63, 3.8) is 0 Å². The van der Waals surface area contributed by atoms with E-state index in [-0.39, 0.29) is 5.91 Å². The second kappa shape index (κ2) is 8.02. The summed E-state index contributed by atoms with van der Waals surface area (Å²) < 4.78 is 0. The Kier molecular flexibility index (Phi) is 5.77. The molecule has 1 unspecified atom stereocenters. The molecule has 1 aromatic carbocycles. The van der Waals surface area contributed by atoms with Gasteiger partial charge in [-0.05, 0) is 42.9 Å². The van der Waals surface area contributed by atoms with Crippen molar-refractivity contribution in [3.8, 4) is 0 Å². The molecule has 0 spiro atoms. The Labute approximate surface area is 146 Å². The van der Waals surface area contributed by atoms with Crippen molar-refractivity contribution < 1.29 is 9.69 Å². The Morgan fingerprint density at radius 1 is 1.12 bits per heavy atom. The fraction of sp³-hybridized carbons (Fsp3) is 0.650. The number of carbonyl (C=O) groups excluding carboxylic acids is 1. The number of nitrogens with one attached hydrogen (secondary N) is 2. The quantitative estimate of drug-likeness (QED) is 0.858. The molecule has 3 rings (SSSR count). The van der Waals surface area contributed by atoms with Crippen molar-refractivity contribution in [2.45, 2.75) is 38.6 Å². The van der Waals surface area contributed by atoms with E-state index in [4.69, 9.17) is 0 Å². The molecule has 24 heavy (non-hydrogen) atoms. The Morgan fingerprint density at radius 2 is 1.83 bits per heavy atom. The molecule has 0 radical (unpaired) electrons. The smallest absolute Gasteiger partial charge is 0.275 e. The first-order valence-corrected chi connectivity index (χ1v) is 9.48. The number of amides is 1. The highest BCUT2D eigenvalue weighted by Crippen LogP contribution is 2.32.